The lowest BCUT2D eigenvalue weighted by atomic mass is 10.0. The number of anilines is 1. The molecule has 106 valence electrons. The Morgan fingerprint density at radius 3 is 3.00 bits per heavy atom. The van der Waals surface area contributed by atoms with Crippen LogP contribution in [0.15, 0.2) is 18.2 Å². The first kappa shape index (κ1) is 14.2. The van der Waals surface area contributed by atoms with Gasteiger partial charge < -0.3 is 20.5 Å². The Kier molecular flexibility index (Phi) is 4.32. The summed E-state index contributed by atoms with van der Waals surface area (Å²) in [6.07, 6.45) is 0.929. The number of ether oxygens (including phenoxy) is 1. The van der Waals surface area contributed by atoms with Crippen LogP contribution < -0.4 is 15.4 Å². The van der Waals surface area contributed by atoms with Crippen LogP contribution >= 0.6 is 0 Å². The molecule has 0 aromatic heterocycles. The van der Waals surface area contributed by atoms with Gasteiger partial charge in [0.05, 0.1) is 12.3 Å². The van der Waals surface area contributed by atoms with Crippen molar-refractivity contribution in [3.05, 3.63) is 23.8 Å². The van der Waals surface area contributed by atoms with Crippen molar-refractivity contribution in [2.24, 2.45) is 0 Å². The van der Waals surface area contributed by atoms with Crippen LogP contribution in [0.3, 0.4) is 0 Å². The van der Waals surface area contributed by atoms with Gasteiger partial charge in [-0.15, -0.1) is 0 Å². The van der Waals surface area contributed by atoms with Crippen LogP contribution in [0.25, 0.3) is 0 Å². The van der Waals surface area contributed by atoms with E-state index in [1.165, 1.54) is 5.56 Å². The maximum absolute atomic E-state index is 9.28. The average Bonchev–Trinajstić information content (AvgIpc) is 2.38. The number of rotatable bonds is 5. The van der Waals surface area contributed by atoms with Crippen LogP contribution in [0.2, 0.25) is 0 Å². The molecule has 0 amide bonds. The number of hydrogen-bond acceptors (Lipinski definition) is 4. The van der Waals surface area contributed by atoms with Crippen molar-refractivity contribution in [2.75, 3.05) is 25.1 Å². The molecule has 4 nitrogen and oxygen atoms in total. The lowest BCUT2D eigenvalue weighted by Crippen LogP contribution is -2.48. The quantitative estimate of drug-likeness (QED) is 0.759. The van der Waals surface area contributed by atoms with Crippen molar-refractivity contribution in [1.29, 1.82) is 0 Å². The highest BCUT2D eigenvalue weighted by Crippen LogP contribution is 2.28. The molecule has 0 fully saturated rings. The summed E-state index contributed by atoms with van der Waals surface area (Å²) in [5, 5.41) is 16.1. The molecular formula is C15H24N2O2. The van der Waals surface area contributed by atoms with Crippen LogP contribution in [0.1, 0.15) is 26.3 Å². The van der Waals surface area contributed by atoms with E-state index in [9.17, 15) is 5.11 Å². The molecule has 1 unspecified atom stereocenters. The van der Waals surface area contributed by atoms with E-state index in [2.05, 4.69) is 29.7 Å². The Labute approximate surface area is 115 Å². The molecule has 1 aliphatic rings. The molecule has 1 aliphatic heterocycles. The van der Waals surface area contributed by atoms with Gasteiger partial charge in [-0.2, -0.15) is 0 Å². The molecule has 0 bridgehead atoms. The molecule has 19 heavy (non-hydrogen) atoms. The SMILES string of the molecule is CC(Cc1ccc2c(c1)NCCO2)NC(C)(C)CO. The zero-order chi connectivity index (χ0) is 13.9. The van der Waals surface area contributed by atoms with E-state index >= 15 is 0 Å². The monoisotopic (exact) mass is 264 g/mol. The Hall–Kier alpha value is -1.26. The van der Waals surface area contributed by atoms with E-state index in [1.54, 1.807) is 0 Å². The largest absolute Gasteiger partial charge is 0.490 e. The lowest BCUT2D eigenvalue weighted by Gasteiger charge is -2.28. The molecule has 4 heteroatoms. The van der Waals surface area contributed by atoms with E-state index in [0.717, 1.165) is 31.0 Å². The van der Waals surface area contributed by atoms with Crippen LogP contribution in [-0.4, -0.2) is 36.4 Å². The molecule has 0 saturated heterocycles. The molecule has 1 aromatic rings. The Bertz CT molecular complexity index is 432. The minimum absolute atomic E-state index is 0.136. The molecule has 1 atom stereocenters. The number of fused-ring (bicyclic) bond motifs is 1. The van der Waals surface area contributed by atoms with Crippen LogP contribution in [0.5, 0.6) is 5.75 Å². The summed E-state index contributed by atoms with van der Waals surface area (Å²) in [5.74, 6) is 0.936. The van der Waals surface area contributed by atoms with Crippen LogP contribution in [0, 0.1) is 0 Å². The summed E-state index contributed by atoms with van der Waals surface area (Å²) >= 11 is 0. The fraction of sp³-hybridized carbons (Fsp3) is 0.600. The number of nitrogens with one attached hydrogen (secondary N) is 2. The number of benzene rings is 1. The topological polar surface area (TPSA) is 53.5 Å². The molecule has 3 N–H and O–H groups in total. The van der Waals surface area contributed by atoms with Gasteiger partial charge >= 0.3 is 0 Å². The summed E-state index contributed by atoms with van der Waals surface area (Å²) in [6.45, 7) is 7.88. The van der Waals surface area contributed by atoms with E-state index in [4.69, 9.17) is 4.74 Å². The number of aliphatic hydroxyl groups is 1. The fourth-order valence-electron chi connectivity index (χ4n) is 2.43. The van der Waals surface area contributed by atoms with Crippen LogP contribution in [-0.2, 0) is 6.42 Å². The molecule has 0 aliphatic carbocycles. The zero-order valence-corrected chi connectivity index (χ0v) is 12.0. The van der Waals surface area contributed by atoms with Gasteiger partial charge in [0.1, 0.15) is 12.4 Å². The first-order chi connectivity index (χ1) is 9.00. The second kappa shape index (κ2) is 5.80. The highest BCUT2D eigenvalue weighted by atomic mass is 16.5. The summed E-state index contributed by atoms with van der Waals surface area (Å²) < 4.78 is 5.57. The second-order valence-electron chi connectivity index (χ2n) is 5.90. The average molecular weight is 264 g/mol. The summed E-state index contributed by atoms with van der Waals surface area (Å²) in [6, 6.07) is 6.60. The van der Waals surface area contributed by atoms with Crippen molar-refractivity contribution in [3.63, 3.8) is 0 Å². The van der Waals surface area contributed by atoms with E-state index in [0.29, 0.717) is 6.04 Å². The minimum Gasteiger partial charge on any atom is -0.490 e. The van der Waals surface area contributed by atoms with Crippen molar-refractivity contribution in [1.82, 2.24) is 5.32 Å². The zero-order valence-electron chi connectivity index (χ0n) is 12.0. The maximum Gasteiger partial charge on any atom is 0.142 e. The first-order valence-electron chi connectivity index (χ1n) is 6.88. The smallest absolute Gasteiger partial charge is 0.142 e. The summed E-state index contributed by atoms with van der Waals surface area (Å²) in [5.41, 5.74) is 2.11. The predicted octanol–water partition coefficient (Wildman–Crippen LogP) is 1.78. The maximum atomic E-state index is 9.28. The first-order valence-corrected chi connectivity index (χ1v) is 6.88. The normalized spacial score (nSPS) is 16.2. The predicted molar refractivity (Wildman–Crippen MR) is 77.9 cm³/mol. The van der Waals surface area contributed by atoms with Gasteiger partial charge in [-0.05, 0) is 44.9 Å². The molecule has 1 heterocycles. The third-order valence-corrected chi connectivity index (χ3v) is 3.29. The number of hydrogen-bond donors (Lipinski definition) is 3. The van der Waals surface area contributed by atoms with Gasteiger partial charge in [-0.1, -0.05) is 6.07 Å². The third kappa shape index (κ3) is 3.85. The van der Waals surface area contributed by atoms with Crippen molar-refractivity contribution < 1.29 is 9.84 Å². The van der Waals surface area contributed by atoms with Gasteiger partial charge in [0, 0.05) is 18.1 Å². The third-order valence-electron chi connectivity index (χ3n) is 3.29. The van der Waals surface area contributed by atoms with Crippen molar-refractivity contribution in [3.8, 4) is 5.75 Å². The molecule has 0 saturated carbocycles. The van der Waals surface area contributed by atoms with Gasteiger partial charge in [-0.3, -0.25) is 0 Å². The molecular weight excluding hydrogens is 240 g/mol. The van der Waals surface area contributed by atoms with Crippen LogP contribution in [0.4, 0.5) is 5.69 Å². The standard InChI is InChI=1S/C15H24N2O2/c1-11(17-15(2,3)10-18)8-12-4-5-14-13(9-12)16-6-7-19-14/h4-5,9,11,16-18H,6-8,10H2,1-3H3. The van der Waals surface area contributed by atoms with Gasteiger partial charge in [0.2, 0.25) is 0 Å². The number of aliphatic hydroxyl groups excluding tert-OH is 1. The van der Waals surface area contributed by atoms with Crippen molar-refractivity contribution in [2.45, 2.75) is 38.8 Å². The van der Waals surface area contributed by atoms with Gasteiger partial charge in [-0.25, -0.2) is 0 Å². The molecule has 2 rings (SSSR count). The van der Waals surface area contributed by atoms with Crippen molar-refractivity contribution >= 4 is 5.69 Å². The molecule has 0 radical (unpaired) electrons. The Morgan fingerprint density at radius 2 is 2.26 bits per heavy atom. The Morgan fingerprint density at radius 1 is 1.47 bits per heavy atom. The Balaban J connectivity index is 1.99. The molecule has 1 aromatic carbocycles. The van der Waals surface area contributed by atoms with E-state index in [1.807, 2.05) is 19.9 Å². The molecule has 0 spiro atoms. The second-order valence-corrected chi connectivity index (χ2v) is 5.90. The highest BCUT2D eigenvalue weighted by Gasteiger charge is 2.19. The summed E-state index contributed by atoms with van der Waals surface area (Å²) in [4.78, 5) is 0. The van der Waals surface area contributed by atoms with Gasteiger partial charge in [0.25, 0.3) is 0 Å². The lowest BCUT2D eigenvalue weighted by molar-refractivity contribution is 0.177. The van der Waals surface area contributed by atoms with E-state index < -0.39 is 0 Å². The summed E-state index contributed by atoms with van der Waals surface area (Å²) in [7, 11) is 0. The fourth-order valence-corrected chi connectivity index (χ4v) is 2.43. The minimum atomic E-state index is -0.241. The highest BCUT2D eigenvalue weighted by molar-refractivity contribution is 5.59. The van der Waals surface area contributed by atoms with Gasteiger partial charge in [0.15, 0.2) is 0 Å². The van der Waals surface area contributed by atoms with E-state index in [-0.39, 0.29) is 12.1 Å².